The number of carbonyl (C=O) groups is 2. The Morgan fingerprint density at radius 2 is 1.95 bits per heavy atom. The molecule has 6 heteroatoms. The molecule has 0 atom stereocenters. The first-order chi connectivity index (χ1) is 10.7. The minimum absolute atomic E-state index is 0.0376. The minimum Gasteiger partial charge on any atom is -0.323 e. The van der Waals surface area contributed by atoms with Crippen LogP contribution in [0.2, 0.25) is 0 Å². The predicted molar refractivity (Wildman–Crippen MR) is 83.6 cm³/mol. The van der Waals surface area contributed by atoms with Crippen molar-refractivity contribution >= 4 is 23.2 Å². The largest absolute Gasteiger partial charge is 0.323 e. The Bertz CT molecular complexity index is 689. The molecule has 1 saturated carbocycles. The van der Waals surface area contributed by atoms with Crippen LogP contribution in [0.25, 0.3) is 0 Å². The van der Waals surface area contributed by atoms with E-state index in [-0.39, 0.29) is 23.4 Å². The van der Waals surface area contributed by atoms with Gasteiger partial charge in [-0.3, -0.25) is 14.3 Å². The fourth-order valence-electron chi connectivity index (χ4n) is 2.13. The lowest BCUT2D eigenvalue weighted by Crippen LogP contribution is -2.18. The van der Waals surface area contributed by atoms with Gasteiger partial charge >= 0.3 is 0 Å². The van der Waals surface area contributed by atoms with Gasteiger partial charge in [0.1, 0.15) is 0 Å². The van der Waals surface area contributed by atoms with E-state index in [4.69, 9.17) is 0 Å². The molecule has 22 heavy (non-hydrogen) atoms. The average molecular weight is 298 g/mol. The number of aryl methyl sites for hydroxylation is 1. The second-order valence-corrected chi connectivity index (χ2v) is 5.33. The van der Waals surface area contributed by atoms with Crippen molar-refractivity contribution in [3.05, 3.63) is 42.2 Å². The third-order valence-corrected chi connectivity index (χ3v) is 3.54. The van der Waals surface area contributed by atoms with Crippen LogP contribution in [0, 0.1) is 5.92 Å². The molecule has 0 radical (unpaired) electrons. The molecule has 114 valence electrons. The summed E-state index contributed by atoms with van der Waals surface area (Å²) >= 11 is 0. The molecule has 3 rings (SSSR count). The molecule has 6 nitrogen and oxygen atoms in total. The third-order valence-electron chi connectivity index (χ3n) is 3.54. The Hall–Kier alpha value is -2.63. The van der Waals surface area contributed by atoms with Crippen LogP contribution in [0.4, 0.5) is 11.4 Å². The maximum Gasteiger partial charge on any atom is 0.278 e. The number of hydrogen-bond acceptors (Lipinski definition) is 3. The molecule has 1 aliphatic carbocycles. The number of anilines is 2. The summed E-state index contributed by atoms with van der Waals surface area (Å²) in [5, 5.41) is 9.85. The number of amides is 2. The Kier molecular flexibility index (Phi) is 3.91. The van der Waals surface area contributed by atoms with Crippen molar-refractivity contribution in [1.29, 1.82) is 0 Å². The number of carbonyl (C=O) groups excluding carboxylic acids is 2. The fourth-order valence-corrected chi connectivity index (χ4v) is 2.13. The first kappa shape index (κ1) is 14.3. The van der Waals surface area contributed by atoms with Crippen LogP contribution < -0.4 is 10.6 Å². The van der Waals surface area contributed by atoms with Gasteiger partial charge in [-0.2, -0.15) is 5.10 Å². The second kappa shape index (κ2) is 6.01. The molecule has 0 unspecified atom stereocenters. The molecule has 1 aromatic carbocycles. The van der Waals surface area contributed by atoms with Gasteiger partial charge in [0.2, 0.25) is 5.91 Å². The van der Waals surface area contributed by atoms with E-state index in [1.54, 1.807) is 23.0 Å². The van der Waals surface area contributed by atoms with Crippen LogP contribution in [0.15, 0.2) is 36.5 Å². The van der Waals surface area contributed by atoms with Crippen molar-refractivity contribution in [3.8, 4) is 0 Å². The van der Waals surface area contributed by atoms with E-state index in [0.717, 1.165) is 12.8 Å². The van der Waals surface area contributed by atoms with Crippen molar-refractivity contribution in [2.75, 3.05) is 10.6 Å². The number of nitrogens with zero attached hydrogens (tertiary/aromatic N) is 2. The number of hydrogen-bond donors (Lipinski definition) is 2. The van der Waals surface area contributed by atoms with Crippen molar-refractivity contribution < 1.29 is 9.59 Å². The van der Waals surface area contributed by atoms with Crippen LogP contribution in [0.5, 0.6) is 0 Å². The van der Waals surface area contributed by atoms with Gasteiger partial charge < -0.3 is 10.6 Å². The highest BCUT2D eigenvalue weighted by molar-refractivity contribution is 6.09. The van der Waals surface area contributed by atoms with Gasteiger partial charge in [-0.25, -0.2) is 0 Å². The normalized spacial score (nSPS) is 13.7. The first-order valence-electron chi connectivity index (χ1n) is 7.42. The summed E-state index contributed by atoms with van der Waals surface area (Å²) in [6, 6.07) is 9.17. The molecule has 1 aromatic heterocycles. The smallest absolute Gasteiger partial charge is 0.278 e. The molecule has 1 heterocycles. The highest BCUT2D eigenvalue weighted by Crippen LogP contribution is 2.30. The topological polar surface area (TPSA) is 76.0 Å². The maximum absolute atomic E-state index is 12.4. The lowest BCUT2D eigenvalue weighted by Gasteiger charge is -2.06. The molecular weight excluding hydrogens is 280 g/mol. The molecule has 2 N–H and O–H groups in total. The molecule has 2 aromatic rings. The summed E-state index contributed by atoms with van der Waals surface area (Å²) < 4.78 is 1.64. The second-order valence-electron chi connectivity index (χ2n) is 5.33. The van der Waals surface area contributed by atoms with Crippen molar-refractivity contribution in [1.82, 2.24) is 9.78 Å². The van der Waals surface area contributed by atoms with Crippen molar-refractivity contribution in [2.24, 2.45) is 5.92 Å². The molecular formula is C16H18N4O2. The van der Waals surface area contributed by atoms with E-state index in [2.05, 4.69) is 15.7 Å². The standard InChI is InChI=1S/C16H18N4O2/c1-2-20-10-13(18-15(21)11-8-9-11)14(19-20)16(22)17-12-6-4-3-5-7-12/h3-7,10-11H,2,8-9H2,1H3,(H,17,22)(H,18,21). The Labute approximate surface area is 128 Å². The lowest BCUT2D eigenvalue weighted by molar-refractivity contribution is -0.117. The van der Waals surface area contributed by atoms with Crippen molar-refractivity contribution in [2.45, 2.75) is 26.3 Å². The highest BCUT2D eigenvalue weighted by atomic mass is 16.2. The first-order valence-corrected chi connectivity index (χ1v) is 7.42. The van der Waals surface area contributed by atoms with E-state index in [9.17, 15) is 9.59 Å². The fraction of sp³-hybridized carbons (Fsp3) is 0.312. The number of benzene rings is 1. The van der Waals surface area contributed by atoms with E-state index >= 15 is 0 Å². The molecule has 2 amide bonds. The maximum atomic E-state index is 12.4. The molecule has 0 saturated heterocycles. The van der Waals surface area contributed by atoms with Gasteiger partial charge in [0, 0.05) is 24.3 Å². The van der Waals surface area contributed by atoms with E-state index in [1.807, 2.05) is 25.1 Å². The molecule has 1 fully saturated rings. The SMILES string of the molecule is CCn1cc(NC(=O)C2CC2)c(C(=O)Nc2ccccc2)n1. The number of para-hydroxylation sites is 1. The van der Waals surface area contributed by atoms with E-state index in [1.165, 1.54) is 0 Å². The summed E-state index contributed by atoms with van der Waals surface area (Å²) in [6.45, 7) is 2.56. The van der Waals surface area contributed by atoms with E-state index in [0.29, 0.717) is 17.9 Å². The van der Waals surface area contributed by atoms with Crippen LogP contribution >= 0.6 is 0 Å². The number of rotatable bonds is 5. The quantitative estimate of drug-likeness (QED) is 0.890. The summed E-state index contributed by atoms with van der Waals surface area (Å²) in [4.78, 5) is 24.3. The monoisotopic (exact) mass is 298 g/mol. The van der Waals surface area contributed by atoms with Gasteiger partial charge in [-0.1, -0.05) is 18.2 Å². The number of nitrogens with one attached hydrogen (secondary N) is 2. The molecule has 0 spiro atoms. The van der Waals surface area contributed by atoms with Crippen molar-refractivity contribution in [3.63, 3.8) is 0 Å². The zero-order valence-electron chi connectivity index (χ0n) is 12.4. The van der Waals surface area contributed by atoms with E-state index < -0.39 is 0 Å². The van der Waals surface area contributed by atoms with Gasteiger partial charge in [0.05, 0.1) is 5.69 Å². The molecule has 0 aliphatic heterocycles. The zero-order valence-corrected chi connectivity index (χ0v) is 12.4. The Balaban J connectivity index is 1.80. The lowest BCUT2D eigenvalue weighted by atomic mass is 10.3. The van der Waals surface area contributed by atoms with Gasteiger partial charge in [-0.05, 0) is 31.9 Å². The average Bonchev–Trinajstić information content (AvgIpc) is 3.30. The summed E-state index contributed by atoms with van der Waals surface area (Å²) in [6.07, 6.45) is 3.53. The number of aromatic nitrogens is 2. The highest BCUT2D eigenvalue weighted by Gasteiger charge is 2.31. The van der Waals surface area contributed by atoms with Crippen LogP contribution in [-0.2, 0) is 11.3 Å². The van der Waals surface area contributed by atoms with Gasteiger partial charge in [0.15, 0.2) is 5.69 Å². The zero-order chi connectivity index (χ0) is 15.5. The molecule has 1 aliphatic rings. The van der Waals surface area contributed by atoms with Crippen LogP contribution in [-0.4, -0.2) is 21.6 Å². The Morgan fingerprint density at radius 3 is 2.59 bits per heavy atom. The molecule has 0 bridgehead atoms. The van der Waals surface area contributed by atoms with Crippen LogP contribution in [0.1, 0.15) is 30.3 Å². The Morgan fingerprint density at radius 1 is 1.23 bits per heavy atom. The van der Waals surface area contributed by atoms with Crippen LogP contribution in [0.3, 0.4) is 0 Å². The minimum atomic E-state index is -0.329. The summed E-state index contributed by atoms with van der Waals surface area (Å²) in [5.41, 5.74) is 1.39. The predicted octanol–water partition coefficient (Wildman–Crippen LogP) is 2.50. The summed E-state index contributed by atoms with van der Waals surface area (Å²) in [5.74, 6) is -0.288. The summed E-state index contributed by atoms with van der Waals surface area (Å²) in [7, 11) is 0. The third kappa shape index (κ3) is 3.16. The van der Waals surface area contributed by atoms with Gasteiger partial charge in [0.25, 0.3) is 5.91 Å². The van der Waals surface area contributed by atoms with Gasteiger partial charge in [-0.15, -0.1) is 0 Å².